The molecular formula is C17H25NO3. The summed E-state index contributed by atoms with van der Waals surface area (Å²) >= 11 is 0. The van der Waals surface area contributed by atoms with Crippen molar-refractivity contribution >= 4 is 11.9 Å². The molecule has 0 aromatic heterocycles. The van der Waals surface area contributed by atoms with E-state index in [4.69, 9.17) is 0 Å². The molecule has 0 unspecified atom stereocenters. The number of amides is 1. The fraction of sp³-hybridized carbons (Fsp3) is 0.882. The average molecular weight is 291 g/mol. The Bertz CT molecular complexity index is 437. The summed E-state index contributed by atoms with van der Waals surface area (Å²) in [5.74, 6) is 1.82. The van der Waals surface area contributed by atoms with Gasteiger partial charge in [0.2, 0.25) is 5.91 Å². The fourth-order valence-electron chi connectivity index (χ4n) is 6.25. The van der Waals surface area contributed by atoms with Gasteiger partial charge in [-0.3, -0.25) is 4.79 Å². The molecular weight excluding hydrogens is 266 g/mol. The maximum atomic E-state index is 12.7. The van der Waals surface area contributed by atoms with E-state index in [-0.39, 0.29) is 11.3 Å². The van der Waals surface area contributed by atoms with Gasteiger partial charge < -0.3 is 10.0 Å². The topological polar surface area (TPSA) is 57.6 Å². The van der Waals surface area contributed by atoms with E-state index in [2.05, 4.69) is 0 Å². The van der Waals surface area contributed by atoms with Crippen molar-refractivity contribution in [2.75, 3.05) is 6.54 Å². The average Bonchev–Trinajstić information content (AvgIpc) is 2.85. The lowest BCUT2D eigenvalue weighted by atomic mass is 9.49. The Hall–Kier alpha value is -1.06. The second kappa shape index (κ2) is 4.72. The van der Waals surface area contributed by atoms with Crippen molar-refractivity contribution in [3.63, 3.8) is 0 Å². The minimum Gasteiger partial charge on any atom is -0.480 e. The number of likely N-dealkylation sites (tertiary alicyclic amines) is 1. The van der Waals surface area contributed by atoms with E-state index >= 15 is 0 Å². The molecule has 0 spiro atoms. The number of hydrogen-bond acceptors (Lipinski definition) is 2. The van der Waals surface area contributed by atoms with Crippen molar-refractivity contribution in [3.05, 3.63) is 0 Å². The molecule has 5 rings (SSSR count). The molecule has 0 radical (unpaired) electrons. The summed E-state index contributed by atoms with van der Waals surface area (Å²) in [5, 5.41) is 9.27. The molecule has 5 fully saturated rings. The van der Waals surface area contributed by atoms with Crippen molar-refractivity contribution in [3.8, 4) is 0 Å². The van der Waals surface area contributed by atoms with Crippen LogP contribution in [0.4, 0.5) is 0 Å². The molecule has 4 nitrogen and oxygen atoms in total. The van der Waals surface area contributed by atoms with Gasteiger partial charge in [-0.25, -0.2) is 4.79 Å². The van der Waals surface area contributed by atoms with Crippen molar-refractivity contribution in [1.29, 1.82) is 0 Å². The van der Waals surface area contributed by atoms with E-state index in [1.54, 1.807) is 4.90 Å². The maximum Gasteiger partial charge on any atom is 0.326 e. The number of carboxylic acids is 1. The monoisotopic (exact) mass is 291 g/mol. The number of carbonyl (C=O) groups is 2. The molecule has 1 saturated heterocycles. The molecule has 4 aliphatic carbocycles. The molecule has 4 heteroatoms. The summed E-state index contributed by atoms with van der Waals surface area (Å²) in [7, 11) is 0. The molecule has 4 bridgehead atoms. The Balaban J connectivity index is 1.48. The van der Waals surface area contributed by atoms with Crippen LogP contribution in [-0.4, -0.2) is 34.5 Å². The molecule has 1 amide bonds. The molecule has 4 saturated carbocycles. The first-order valence-electron chi connectivity index (χ1n) is 8.57. The molecule has 5 aliphatic rings. The summed E-state index contributed by atoms with van der Waals surface area (Å²) in [5.41, 5.74) is 0.220. The van der Waals surface area contributed by atoms with Crippen molar-refractivity contribution in [2.24, 2.45) is 23.2 Å². The van der Waals surface area contributed by atoms with Crippen LogP contribution in [0.2, 0.25) is 0 Å². The zero-order valence-electron chi connectivity index (χ0n) is 12.6. The quantitative estimate of drug-likeness (QED) is 0.869. The van der Waals surface area contributed by atoms with Crippen LogP contribution in [0.1, 0.15) is 57.8 Å². The minimum absolute atomic E-state index is 0.113. The van der Waals surface area contributed by atoms with Crippen LogP contribution in [0.5, 0.6) is 0 Å². The van der Waals surface area contributed by atoms with Gasteiger partial charge in [-0.05, 0) is 74.5 Å². The number of rotatable bonds is 3. The minimum atomic E-state index is -0.827. The van der Waals surface area contributed by atoms with E-state index in [9.17, 15) is 14.7 Å². The normalized spacial score (nSPS) is 44.3. The van der Waals surface area contributed by atoms with E-state index in [0.29, 0.717) is 19.4 Å². The maximum absolute atomic E-state index is 12.7. The van der Waals surface area contributed by atoms with Crippen LogP contribution in [-0.2, 0) is 9.59 Å². The Morgan fingerprint density at radius 1 is 1.05 bits per heavy atom. The first-order valence-corrected chi connectivity index (χ1v) is 8.57. The first kappa shape index (κ1) is 13.6. The van der Waals surface area contributed by atoms with E-state index in [1.807, 2.05) is 0 Å². The van der Waals surface area contributed by atoms with Crippen molar-refractivity contribution in [1.82, 2.24) is 4.90 Å². The summed E-state index contributed by atoms with van der Waals surface area (Å²) in [4.78, 5) is 25.6. The second-order valence-electron chi connectivity index (χ2n) is 8.18. The third kappa shape index (κ3) is 2.27. The Kier molecular flexibility index (Phi) is 3.05. The fourth-order valence-corrected chi connectivity index (χ4v) is 6.25. The van der Waals surface area contributed by atoms with Gasteiger partial charge in [0.05, 0.1) is 0 Å². The standard InChI is InChI=1S/C17H25NO3/c19-15(18-3-1-2-14(18)16(20)21)10-17-7-11-4-12(8-17)6-13(5-11)9-17/h11-14H,1-10H2,(H,20,21)/t11?,12?,13?,14-,17?/m0/s1. The summed E-state index contributed by atoms with van der Waals surface area (Å²) in [6, 6.07) is -0.564. The third-order valence-electron chi connectivity index (χ3n) is 6.55. The highest BCUT2D eigenvalue weighted by molar-refractivity contribution is 5.84. The van der Waals surface area contributed by atoms with E-state index in [0.717, 1.165) is 24.2 Å². The highest BCUT2D eigenvalue weighted by Gasteiger charge is 2.52. The van der Waals surface area contributed by atoms with E-state index < -0.39 is 12.0 Å². The summed E-state index contributed by atoms with van der Waals surface area (Å²) in [6.45, 7) is 0.641. The lowest BCUT2D eigenvalue weighted by Gasteiger charge is -2.57. The van der Waals surface area contributed by atoms with Crippen molar-refractivity contribution < 1.29 is 14.7 Å². The number of hydrogen-bond donors (Lipinski definition) is 1. The Morgan fingerprint density at radius 3 is 2.14 bits per heavy atom. The molecule has 0 aromatic carbocycles. The number of aliphatic carboxylic acids is 1. The van der Waals surface area contributed by atoms with Gasteiger partial charge in [0.1, 0.15) is 6.04 Å². The van der Waals surface area contributed by atoms with Crippen LogP contribution in [0.3, 0.4) is 0 Å². The lowest BCUT2D eigenvalue weighted by molar-refractivity contribution is -0.151. The lowest BCUT2D eigenvalue weighted by Crippen LogP contribution is -2.49. The summed E-state index contributed by atoms with van der Waals surface area (Å²) < 4.78 is 0. The first-order chi connectivity index (χ1) is 10.0. The third-order valence-corrected chi connectivity index (χ3v) is 6.55. The molecule has 21 heavy (non-hydrogen) atoms. The van der Waals surface area contributed by atoms with Gasteiger partial charge in [-0.1, -0.05) is 0 Å². The predicted molar refractivity (Wildman–Crippen MR) is 77.6 cm³/mol. The summed E-state index contributed by atoms with van der Waals surface area (Å²) in [6.07, 6.45) is 9.88. The van der Waals surface area contributed by atoms with Crippen LogP contribution in [0.15, 0.2) is 0 Å². The predicted octanol–water partition coefficient (Wildman–Crippen LogP) is 2.67. The Labute approximate surface area is 125 Å². The van der Waals surface area contributed by atoms with Gasteiger partial charge in [-0.2, -0.15) is 0 Å². The zero-order chi connectivity index (χ0) is 14.6. The second-order valence-corrected chi connectivity index (χ2v) is 8.18. The molecule has 1 aliphatic heterocycles. The molecule has 116 valence electrons. The molecule has 1 heterocycles. The van der Waals surface area contributed by atoms with E-state index in [1.165, 1.54) is 38.5 Å². The number of nitrogens with zero attached hydrogens (tertiary/aromatic N) is 1. The van der Waals surface area contributed by atoms with Crippen LogP contribution >= 0.6 is 0 Å². The van der Waals surface area contributed by atoms with Gasteiger partial charge in [0.15, 0.2) is 0 Å². The van der Waals surface area contributed by atoms with Gasteiger partial charge in [0.25, 0.3) is 0 Å². The van der Waals surface area contributed by atoms with Crippen LogP contribution in [0, 0.1) is 23.2 Å². The highest BCUT2D eigenvalue weighted by atomic mass is 16.4. The largest absolute Gasteiger partial charge is 0.480 e. The van der Waals surface area contributed by atoms with Crippen LogP contribution in [0.25, 0.3) is 0 Å². The SMILES string of the molecule is O=C(O)[C@@H]1CCCN1C(=O)CC12CC3CC(CC(C3)C1)C2. The molecule has 1 N–H and O–H groups in total. The number of carboxylic acid groups (broad SMARTS) is 1. The molecule has 1 atom stereocenters. The van der Waals surface area contributed by atoms with Crippen molar-refractivity contribution in [2.45, 2.75) is 63.8 Å². The zero-order valence-corrected chi connectivity index (χ0v) is 12.6. The highest BCUT2D eigenvalue weighted by Crippen LogP contribution is 2.61. The number of carbonyl (C=O) groups excluding carboxylic acids is 1. The Morgan fingerprint density at radius 2 is 1.62 bits per heavy atom. The van der Waals surface area contributed by atoms with Gasteiger partial charge >= 0.3 is 5.97 Å². The smallest absolute Gasteiger partial charge is 0.326 e. The molecule has 0 aromatic rings. The van der Waals surface area contributed by atoms with Crippen LogP contribution < -0.4 is 0 Å². The van der Waals surface area contributed by atoms with Gasteiger partial charge in [-0.15, -0.1) is 0 Å². The van der Waals surface area contributed by atoms with Gasteiger partial charge in [0, 0.05) is 13.0 Å².